The van der Waals surface area contributed by atoms with Crippen molar-refractivity contribution in [1.29, 1.82) is 0 Å². The normalized spacial score (nSPS) is 13.0. The number of fused-ring (bicyclic) bond motifs is 14. The first-order valence-electron chi connectivity index (χ1n) is 20.1. The van der Waals surface area contributed by atoms with Gasteiger partial charge in [-0.05, 0) is 127 Å². The fourth-order valence-electron chi connectivity index (χ4n) is 10.1. The molecular weight excluding hydrogens is 723 g/mol. The maximum absolute atomic E-state index is 13.9. The van der Waals surface area contributed by atoms with Crippen LogP contribution < -0.4 is 5.56 Å². The molecule has 12 aromatic rings. The van der Waals surface area contributed by atoms with Gasteiger partial charge in [0.2, 0.25) is 0 Å². The maximum Gasteiger partial charge on any atom is 0.263 e. The van der Waals surface area contributed by atoms with Crippen molar-refractivity contribution in [2.45, 2.75) is 12.8 Å². The van der Waals surface area contributed by atoms with Gasteiger partial charge in [0, 0.05) is 41.7 Å². The molecule has 58 heavy (non-hydrogen) atoms. The van der Waals surface area contributed by atoms with Crippen molar-refractivity contribution < 1.29 is 0 Å². The summed E-state index contributed by atoms with van der Waals surface area (Å²) in [4.78, 5) is 13.9. The number of benzene rings is 9. The van der Waals surface area contributed by atoms with Crippen molar-refractivity contribution in [3.05, 3.63) is 191 Å². The van der Waals surface area contributed by atoms with Gasteiger partial charge in [-0.15, -0.1) is 11.3 Å². The minimum absolute atomic E-state index is 0.0384. The third kappa shape index (κ3) is 4.45. The molecule has 1 aliphatic carbocycles. The molecule has 3 heterocycles. The van der Waals surface area contributed by atoms with Crippen molar-refractivity contribution in [2.24, 2.45) is 0 Å². The number of pyridine rings is 1. The predicted molar refractivity (Wildman–Crippen MR) is 249 cm³/mol. The zero-order valence-electron chi connectivity index (χ0n) is 31.4. The summed E-state index contributed by atoms with van der Waals surface area (Å²) in [6.07, 6.45) is 6.85. The van der Waals surface area contributed by atoms with Crippen LogP contribution in [0.25, 0.3) is 119 Å². The fourth-order valence-corrected chi connectivity index (χ4v) is 11.4. The van der Waals surface area contributed by atoms with Gasteiger partial charge >= 0.3 is 0 Å². The van der Waals surface area contributed by atoms with Gasteiger partial charge in [0.05, 0.1) is 11.0 Å². The van der Waals surface area contributed by atoms with E-state index in [2.05, 4.69) is 158 Å². The molecule has 1 aliphatic rings. The molecule has 13 rings (SSSR count). The van der Waals surface area contributed by atoms with Gasteiger partial charge in [-0.2, -0.15) is 0 Å². The number of hydrogen-bond donors (Lipinski definition) is 0. The second kappa shape index (κ2) is 12.0. The van der Waals surface area contributed by atoms with E-state index in [1.807, 2.05) is 33.9 Å². The lowest BCUT2D eigenvalue weighted by Gasteiger charge is -2.18. The Labute approximate surface area is 337 Å². The average Bonchev–Trinajstić information content (AvgIpc) is 3.84. The van der Waals surface area contributed by atoms with E-state index in [0.29, 0.717) is 0 Å². The molecule has 0 bridgehead atoms. The molecule has 3 aromatic heterocycles. The summed E-state index contributed by atoms with van der Waals surface area (Å²) >= 11 is 1.87. The number of hydrogen-bond acceptors (Lipinski definition) is 2. The number of aromatic nitrogens is 1. The number of para-hydroxylation sites is 1. The highest BCUT2D eigenvalue weighted by atomic mass is 32.1. The Morgan fingerprint density at radius 1 is 0.448 bits per heavy atom. The van der Waals surface area contributed by atoms with Gasteiger partial charge in [-0.25, -0.2) is 0 Å². The predicted octanol–water partition coefficient (Wildman–Crippen LogP) is 14.8. The Bertz CT molecular complexity index is 3830. The molecule has 2 nitrogen and oxygen atoms in total. The summed E-state index contributed by atoms with van der Waals surface area (Å²) in [5, 5.41) is 13.0. The molecule has 0 saturated carbocycles. The van der Waals surface area contributed by atoms with Crippen molar-refractivity contribution in [2.75, 3.05) is 0 Å². The minimum atomic E-state index is 0.0384. The molecular formula is C55H33NOS. The van der Waals surface area contributed by atoms with Crippen LogP contribution in [0.2, 0.25) is 0 Å². The highest BCUT2D eigenvalue weighted by Gasteiger charge is 2.19. The number of rotatable bonds is 3. The molecule has 0 unspecified atom stereocenters. The zero-order valence-corrected chi connectivity index (χ0v) is 32.2. The van der Waals surface area contributed by atoms with E-state index in [-0.39, 0.29) is 5.56 Å². The monoisotopic (exact) mass is 755 g/mol. The molecule has 0 N–H and O–H groups in total. The quantitative estimate of drug-likeness (QED) is 0.165. The number of nitrogens with zero attached hydrogens (tertiary/aromatic N) is 1. The van der Waals surface area contributed by atoms with Crippen molar-refractivity contribution in [3.8, 4) is 33.4 Å². The number of allylic oxidation sites excluding steroid dienone is 1. The number of aryl methyl sites for hydroxylation is 1. The summed E-state index contributed by atoms with van der Waals surface area (Å²) in [5.74, 6) is 0. The van der Waals surface area contributed by atoms with E-state index >= 15 is 0 Å². The molecule has 0 amide bonds. The van der Waals surface area contributed by atoms with Crippen LogP contribution in [0.1, 0.15) is 17.5 Å². The summed E-state index contributed by atoms with van der Waals surface area (Å²) in [6, 6.07) is 59.6. The number of thiophene rings is 1. The van der Waals surface area contributed by atoms with Crippen molar-refractivity contribution >= 4 is 97.1 Å². The van der Waals surface area contributed by atoms with Crippen LogP contribution in [-0.4, -0.2) is 4.40 Å². The molecule has 9 aromatic carbocycles. The minimum Gasteiger partial charge on any atom is -0.275 e. The highest BCUT2D eigenvalue weighted by Crippen LogP contribution is 2.44. The second-order valence-electron chi connectivity index (χ2n) is 15.8. The molecule has 0 spiro atoms. The Hall–Kier alpha value is -7.07. The average molecular weight is 756 g/mol. The van der Waals surface area contributed by atoms with Gasteiger partial charge in [-0.1, -0.05) is 133 Å². The van der Waals surface area contributed by atoms with Crippen molar-refractivity contribution in [3.63, 3.8) is 0 Å². The van der Waals surface area contributed by atoms with Crippen LogP contribution in [-0.2, 0) is 6.42 Å². The Morgan fingerprint density at radius 3 is 1.91 bits per heavy atom. The Balaban J connectivity index is 0.925. The second-order valence-corrected chi connectivity index (χ2v) is 16.9. The Kier molecular flexibility index (Phi) is 6.62. The first-order chi connectivity index (χ1) is 28.7. The van der Waals surface area contributed by atoms with Crippen molar-refractivity contribution in [1.82, 2.24) is 4.40 Å². The van der Waals surface area contributed by atoms with Gasteiger partial charge in [0.25, 0.3) is 5.56 Å². The van der Waals surface area contributed by atoms with E-state index in [9.17, 15) is 4.79 Å². The first kappa shape index (κ1) is 32.1. The lowest BCUT2D eigenvalue weighted by Crippen LogP contribution is -2.12. The van der Waals surface area contributed by atoms with E-state index in [0.717, 1.165) is 56.4 Å². The van der Waals surface area contributed by atoms with Gasteiger partial charge in [0.15, 0.2) is 0 Å². The van der Waals surface area contributed by atoms with Crippen LogP contribution in [0.3, 0.4) is 0 Å². The fraction of sp³-hybridized carbons (Fsp3) is 0.0364. The Morgan fingerprint density at radius 2 is 1.05 bits per heavy atom. The highest BCUT2D eigenvalue weighted by molar-refractivity contribution is 7.26. The van der Waals surface area contributed by atoms with Crippen LogP contribution in [0.4, 0.5) is 0 Å². The van der Waals surface area contributed by atoms with Crippen LogP contribution in [0, 0.1) is 0 Å². The molecule has 0 radical (unpaired) electrons. The molecule has 0 fully saturated rings. The largest absolute Gasteiger partial charge is 0.275 e. The molecule has 0 atom stereocenters. The van der Waals surface area contributed by atoms with E-state index in [1.54, 1.807) is 0 Å². The van der Waals surface area contributed by atoms with Gasteiger partial charge in [-0.3, -0.25) is 9.20 Å². The topological polar surface area (TPSA) is 21.5 Å². The van der Waals surface area contributed by atoms with Gasteiger partial charge < -0.3 is 0 Å². The first-order valence-corrected chi connectivity index (χ1v) is 20.9. The molecule has 270 valence electrons. The third-order valence-corrected chi connectivity index (χ3v) is 14.0. The molecule has 3 heteroatoms. The van der Waals surface area contributed by atoms with Crippen LogP contribution >= 0.6 is 11.3 Å². The zero-order chi connectivity index (χ0) is 38.1. The lowest BCUT2D eigenvalue weighted by atomic mass is 9.85. The summed E-state index contributed by atoms with van der Waals surface area (Å²) in [7, 11) is 0. The van der Waals surface area contributed by atoms with E-state index in [4.69, 9.17) is 0 Å². The standard InChI is InChI=1S/C55H33NOS/c57-55-47-17-6-5-16-42(47)44-19-9-20-45-49-30-34(23-26-51(49)56(55)53(44)45)35-24-27-52-50(31-35)46-21-8-18-37(54(46)58-52)36-11-7-10-32(28-36)33-22-25-43-40-14-2-1-12-38(40)39-13-3-4-15-41(39)48(43)29-33/h1-2,4-12,14-31H,3,13H2. The lowest BCUT2D eigenvalue weighted by molar-refractivity contribution is 1.00. The van der Waals surface area contributed by atoms with E-state index < -0.39 is 0 Å². The van der Waals surface area contributed by atoms with Crippen LogP contribution in [0.5, 0.6) is 0 Å². The SMILES string of the molecule is O=c1c2ccccc2c2cccc3c4cc(-c5ccc6sc7c(-c8cccc(-c9ccc%10c(c9)c9c(c%11ccccc%11%10)CCC=C9)c8)cccc7c6c5)ccc4n1c23. The third-order valence-electron chi connectivity index (χ3n) is 12.8. The van der Waals surface area contributed by atoms with Crippen LogP contribution in [0.15, 0.2) is 175 Å². The maximum atomic E-state index is 13.9. The van der Waals surface area contributed by atoms with Gasteiger partial charge in [0.1, 0.15) is 0 Å². The molecule has 0 aliphatic heterocycles. The summed E-state index contributed by atoms with van der Waals surface area (Å²) < 4.78 is 4.50. The summed E-state index contributed by atoms with van der Waals surface area (Å²) in [6.45, 7) is 0. The molecule has 0 saturated heterocycles. The van der Waals surface area contributed by atoms with E-state index in [1.165, 1.54) is 80.7 Å². The summed E-state index contributed by atoms with van der Waals surface area (Å²) in [5.41, 5.74) is 12.1. The smallest absolute Gasteiger partial charge is 0.263 e.